The summed E-state index contributed by atoms with van der Waals surface area (Å²) in [5.74, 6) is -0.152. The van der Waals surface area contributed by atoms with Gasteiger partial charge in [-0.3, -0.25) is 9.59 Å². The minimum absolute atomic E-state index is 0.0657. The van der Waals surface area contributed by atoms with Crippen molar-refractivity contribution < 1.29 is 9.59 Å². The van der Waals surface area contributed by atoms with Crippen molar-refractivity contribution in [2.45, 2.75) is 46.5 Å². The predicted octanol–water partition coefficient (Wildman–Crippen LogP) is 3.08. The van der Waals surface area contributed by atoms with Crippen LogP contribution in [0.2, 0.25) is 0 Å². The summed E-state index contributed by atoms with van der Waals surface area (Å²) in [6, 6.07) is 7.69. The minimum atomic E-state index is -0.284. The Balaban J connectivity index is 2.66. The van der Waals surface area contributed by atoms with E-state index in [1.54, 1.807) is 0 Å². The Labute approximate surface area is 127 Å². The maximum absolute atomic E-state index is 12.0. The highest BCUT2D eigenvalue weighted by Gasteiger charge is 2.19. The molecule has 0 bridgehead atoms. The van der Waals surface area contributed by atoms with Crippen LogP contribution in [0.1, 0.15) is 46.6 Å². The molecule has 0 aromatic heterocycles. The van der Waals surface area contributed by atoms with Crippen LogP contribution in [0.5, 0.6) is 0 Å². The lowest BCUT2D eigenvalue weighted by Gasteiger charge is -2.23. The normalized spacial score (nSPS) is 11.3. The molecule has 0 saturated carbocycles. The van der Waals surface area contributed by atoms with Crippen molar-refractivity contribution in [3.8, 4) is 0 Å². The van der Waals surface area contributed by atoms with Gasteiger partial charge in [0.2, 0.25) is 11.8 Å². The van der Waals surface area contributed by atoms with Gasteiger partial charge in [0.05, 0.1) is 0 Å². The van der Waals surface area contributed by atoms with E-state index in [0.29, 0.717) is 12.5 Å². The van der Waals surface area contributed by atoms with Crippen LogP contribution in [0, 0.1) is 5.92 Å². The lowest BCUT2D eigenvalue weighted by atomic mass is 9.86. The molecule has 1 aromatic carbocycles. The molecule has 116 valence electrons. The van der Waals surface area contributed by atoms with E-state index in [1.165, 1.54) is 0 Å². The largest absolute Gasteiger partial charge is 0.355 e. The Morgan fingerprint density at radius 3 is 2.29 bits per heavy atom. The van der Waals surface area contributed by atoms with Gasteiger partial charge in [-0.25, -0.2) is 0 Å². The van der Waals surface area contributed by atoms with Crippen LogP contribution in [-0.4, -0.2) is 18.4 Å². The number of benzene rings is 1. The number of carbonyl (C=O) groups is 2. The third kappa shape index (κ3) is 5.98. The number of carbonyl (C=O) groups excluding carboxylic acids is 2. The number of hydrogen-bond donors (Lipinski definition) is 2. The Morgan fingerprint density at radius 1 is 1.10 bits per heavy atom. The average molecular weight is 290 g/mol. The van der Waals surface area contributed by atoms with E-state index in [9.17, 15) is 9.59 Å². The van der Waals surface area contributed by atoms with E-state index in [2.05, 4.69) is 31.4 Å². The summed E-state index contributed by atoms with van der Waals surface area (Å²) < 4.78 is 0. The molecule has 0 saturated heterocycles. The molecule has 1 rings (SSSR count). The number of nitrogens with one attached hydrogen (secondary N) is 2. The maximum Gasteiger partial charge on any atom is 0.233 e. The molecule has 4 heteroatoms. The Kier molecular flexibility index (Phi) is 5.94. The van der Waals surface area contributed by atoms with Crippen molar-refractivity contribution in [1.29, 1.82) is 0 Å². The zero-order valence-corrected chi connectivity index (χ0v) is 13.6. The van der Waals surface area contributed by atoms with Crippen molar-refractivity contribution >= 4 is 17.5 Å². The predicted molar refractivity (Wildman–Crippen MR) is 86.2 cm³/mol. The van der Waals surface area contributed by atoms with Gasteiger partial charge in [0, 0.05) is 12.2 Å². The van der Waals surface area contributed by atoms with E-state index in [-0.39, 0.29) is 23.7 Å². The first-order valence-electron chi connectivity index (χ1n) is 7.36. The van der Waals surface area contributed by atoms with E-state index < -0.39 is 0 Å². The fraction of sp³-hybridized carbons (Fsp3) is 0.529. The van der Waals surface area contributed by atoms with Gasteiger partial charge in [0.15, 0.2) is 0 Å². The molecule has 4 nitrogen and oxygen atoms in total. The highest BCUT2D eigenvalue weighted by Crippen LogP contribution is 2.29. The summed E-state index contributed by atoms with van der Waals surface area (Å²) in [6.07, 6.45) is -0.148. The fourth-order valence-corrected chi connectivity index (χ4v) is 1.97. The molecule has 2 amide bonds. The zero-order valence-electron chi connectivity index (χ0n) is 13.6. The third-order valence-corrected chi connectivity index (χ3v) is 3.04. The summed E-state index contributed by atoms with van der Waals surface area (Å²) in [5, 5.41) is 5.58. The van der Waals surface area contributed by atoms with Gasteiger partial charge in [-0.15, -0.1) is 0 Å². The summed E-state index contributed by atoms with van der Waals surface area (Å²) in [6.45, 7) is 10.9. The fourth-order valence-electron chi connectivity index (χ4n) is 1.97. The van der Waals surface area contributed by atoms with Crippen molar-refractivity contribution in [2.75, 3.05) is 11.9 Å². The first-order valence-corrected chi connectivity index (χ1v) is 7.36. The standard InChI is InChI=1S/C17H26N2O2/c1-12(2)11-18-15(20)10-16(21)19-14-9-7-6-8-13(14)17(3,4)5/h6-9,12H,10-11H2,1-5H3,(H,18,20)(H,19,21). The molecule has 0 aliphatic rings. The average Bonchev–Trinajstić information content (AvgIpc) is 2.35. The molecular weight excluding hydrogens is 264 g/mol. The Bertz CT molecular complexity index is 502. The van der Waals surface area contributed by atoms with Crippen LogP contribution < -0.4 is 10.6 Å². The number of hydrogen-bond acceptors (Lipinski definition) is 2. The van der Waals surface area contributed by atoms with E-state index in [0.717, 1.165) is 11.3 Å². The molecule has 0 unspecified atom stereocenters. The van der Waals surface area contributed by atoms with Crippen molar-refractivity contribution in [3.05, 3.63) is 29.8 Å². The molecule has 0 heterocycles. The minimum Gasteiger partial charge on any atom is -0.355 e. The van der Waals surface area contributed by atoms with Gasteiger partial charge < -0.3 is 10.6 Å². The van der Waals surface area contributed by atoms with Gasteiger partial charge >= 0.3 is 0 Å². The lowest BCUT2D eigenvalue weighted by molar-refractivity contribution is -0.126. The molecule has 0 radical (unpaired) electrons. The second-order valence-corrected chi connectivity index (χ2v) is 6.72. The van der Waals surface area contributed by atoms with Crippen molar-refractivity contribution in [3.63, 3.8) is 0 Å². The highest BCUT2D eigenvalue weighted by molar-refractivity contribution is 6.03. The van der Waals surface area contributed by atoms with Gasteiger partial charge in [-0.2, -0.15) is 0 Å². The molecule has 0 spiro atoms. The first-order chi connectivity index (χ1) is 9.70. The van der Waals surface area contributed by atoms with Crippen molar-refractivity contribution in [1.82, 2.24) is 5.32 Å². The molecule has 21 heavy (non-hydrogen) atoms. The molecule has 0 aliphatic carbocycles. The van der Waals surface area contributed by atoms with Crippen LogP contribution in [0.4, 0.5) is 5.69 Å². The summed E-state index contributed by atoms with van der Waals surface area (Å²) in [5.41, 5.74) is 1.76. The first kappa shape index (κ1) is 17.2. The van der Waals surface area contributed by atoms with Gasteiger partial charge in [0.25, 0.3) is 0 Å². The molecule has 0 fully saturated rings. The van der Waals surface area contributed by atoms with Crippen molar-refractivity contribution in [2.24, 2.45) is 5.92 Å². The molecule has 2 N–H and O–H groups in total. The summed E-state index contributed by atoms with van der Waals surface area (Å²) >= 11 is 0. The molecule has 0 atom stereocenters. The smallest absolute Gasteiger partial charge is 0.233 e. The maximum atomic E-state index is 12.0. The number of para-hydroxylation sites is 1. The monoisotopic (exact) mass is 290 g/mol. The summed E-state index contributed by atoms with van der Waals surface area (Å²) in [4.78, 5) is 23.6. The van der Waals surface area contributed by atoms with E-state index >= 15 is 0 Å². The van der Waals surface area contributed by atoms with Crippen LogP contribution in [0.15, 0.2) is 24.3 Å². The van der Waals surface area contributed by atoms with Crippen LogP contribution in [-0.2, 0) is 15.0 Å². The van der Waals surface area contributed by atoms with Gasteiger partial charge in [-0.1, -0.05) is 52.8 Å². The van der Waals surface area contributed by atoms with Crippen LogP contribution in [0.25, 0.3) is 0 Å². The van der Waals surface area contributed by atoms with Crippen LogP contribution in [0.3, 0.4) is 0 Å². The summed E-state index contributed by atoms with van der Waals surface area (Å²) in [7, 11) is 0. The lowest BCUT2D eigenvalue weighted by Crippen LogP contribution is -2.31. The molecule has 1 aromatic rings. The topological polar surface area (TPSA) is 58.2 Å². The van der Waals surface area contributed by atoms with E-state index in [4.69, 9.17) is 0 Å². The number of amides is 2. The zero-order chi connectivity index (χ0) is 16.0. The molecular formula is C17H26N2O2. The van der Waals surface area contributed by atoms with E-state index in [1.807, 2.05) is 38.1 Å². The van der Waals surface area contributed by atoms with Gasteiger partial charge in [0.1, 0.15) is 6.42 Å². The van der Waals surface area contributed by atoms with Crippen LogP contribution >= 0.6 is 0 Å². The third-order valence-electron chi connectivity index (χ3n) is 3.04. The Hall–Kier alpha value is -1.84. The van der Waals surface area contributed by atoms with Gasteiger partial charge in [-0.05, 0) is 23.0 Å². The Morgan fingerprint density at radius 2 is 1.71 bits per heavy atom. The number of rotatable bonds is 5. The second-order valence-electron chi connectivity index (χ2n) is 6.72. The SMILES string of the molecule is CC(C)CNC(=O)CC(=O)Nc1ccccc1C(C)(C)C. The highest BCUT2D eigenvalue weighted by atomic mass is 16.2. The second kappa shape index (κ2) is 7.25. The quantitative estimate of drug-likeness (QED) is 0.819. The molecule has 0 aliphatic heterocycles. The number of anilines is 1.